The Morgan fingerprint density at radius 3 is 2.80 bits per heavy atom. The molecule has 0 unspecified atom stereocenters. The van der Waals surface area contributed by atoms with Gasteiger partial charge in [0.25, 0.3) is 6.01 Å². The van der Waals surface area contributed by atoms with Crippen molar-refractivity contribution in [2.24, 2.45) is 0 Å². The molecule has 5 nitrogen and oxygen atoms in total. The molecule has 2 aromatic rings. The summed E-state index contributed by atoms with van der Waals surface area (Å²) in [6.45, 7) is 7.60. The van der Waals surface area contributed by atoms with Gasteiger partial charge in [0.2, 0.25) is 0 Å². The van der Waals surface area contributed by atoms with Crippen LogP contribution in [0.2, 0.25) is 5.02 Å². The number of rotatable bonds is 3. The minimum absolute atomic E-state index is 0.0596. The summed E-state index contributed by atoms with van der Waals surface area (Å²) in [6.07, 6.45) is 0.0596. The Hall–Kier alpha value is -1.46. The summed E-state index contributed by atoms with van der Waals surface area (Å²) < 4.78 is 11.7. The Kier molecular flexibility index (Phi) is 3.72. The topological polar surface area (TPSA) is 50.5 Å². The van der Waals surface area contributed by atoms with Crippen molar-refractivity contribution in [3.05, 3.63) is 17.2 Å². The molecule has 1 N–H and O–H groups in total. The van der Waals surface area contributed by atoms with Gasteiger partial charge in [0.05, 0.1) is 6.10 Å². The monoisotopic (exact) mass is 295 g/mol. The molecule has 6 heteroatoms. The normalized spacial score (nSPS) is 16.1. The van der Waals surface area contributed by atoms with E-state index in [4.69, 9.17) is 20.8 Å². The summed E-state index contributed by atoms with van der Waals surface area (Å²) >= 11 is 6.12. The Balaban J connectivity index is 2.00. The molecule has 1 fully saturated rings. The van der Waals surface area contributed by atoms with E-state index in [1.54, 1.807) is 12.1 Å². The summed E-state index contributed by atoms with van der Waals surface area (Å²) in [6, 6.07) is 4.22. The third-order valence-corrected chi connectivity index (χ3v) is 3.38. The molecular weight excluding hydrogens is 278 g/mol. The minimum Gasteiger partial charge on any atom is -0.487 e. The van der Waals surface area contributed by atoms with Crippen molar-refractivity contribution in [1.82, 2.24) is 10.3 Å². The van der Waals surface area contributed by atoms with E-state index in [2.05, 4.69) is 15.2 Å². The highest BCUT2D eigenvalue weighted by Gasteiger charge is 2.19. The second-order valence-electron chi connectivity index (χ2n) is 5.15. The molecule has 0 atom stereocenters. The van der Waals surface area contributed by atoms with Crippen LogP contribution < -0.4 is 15.0 Å². The number of hydrogen-bond acceptors (Lipinski definition) is 5. The van der Waals surface area contributed by atoms with Gasteiger partial charge in [0, 0.05) is 37.3 Å². The first-order chi connectivity index (χ1) is 9.63. The summed E-state index contributed by atoms with van der Waals surface area (Å²) in [5.74, 6) is 0.649. The van der Waals surface area contributed by atoms with E-state index in [0.717, 1.165) is 31.7 Å². The van der Waals surface area contributed by atoms with E-state index in [1.807, 2.05) is 13.8 Å². The molecule has 0 spiro atoms. The van der Waals surface area contributed by atoms with Crippen LogP contribution in [0.4, 0.5) is 6.01 Å². The molecule has 20 heavy (non-hydrogen) atoms. The zero-order chi connectivity index (χ0) is 14.1. The van der Waals surface area contributed by atoms with Crippen LogP contribution in [-0.4, -0.2) is 37.3 Å². The Morgan fingerprint density at radius 2 is 2.10 bits per heavy atom. The molecule has 2 heterocycles. The zero-order valence-corrected chi connectivity index (χ0v) is 12.4. The zero-order valence-electron chi connectivity index (χ0n) is 11.6. The van der Waals surface area contributed by atoms with Crippen molar-refractivity contribution in [3.8, 4) is 5.75 Å². The highest BCUT2D eigenvalue weighted by molar-refractivity contribution is 6.31. The maximum atomic E-state index is 6.12. The van der Waals surface area contributed by atoms with E-state index >= 15 is 0 Å². The van der Waals surface area contributed by atoms with Crippen LogP contribution in [0.25, 0.3) is 11.1 Å². The number of piperazine rings is 1. The summed E-state index contributed by atoms with van der Waals surface area (Å²) in [5, 5.41) is 3.91. The highest BCUT2D eigenvalue weighted by Crippen LogP contribution is 2.33. The van der Waals surface area contributed by atoms with E-state index in [-0.39, 0.29) is 6.10 Å². The lowest BCUT2D eigenvalue weighted by molar-refractivity contribution is 0.242. The molecule has 0 aliphatic carbocycles. The number of benzene rings is 1. The van der Waals surface area contributed by atoms with Gasteiger partial charge in [-0.05, 0) is 19.9 Å². The predicted molar refractivity (Wildman–Crippen MR) is 79.9 cm³/mol. The van der Waals surface area contributed by atoms with Crippen LogP contribution in [0.5, 0.6) is 5.75 Å². The van der Waals surface area contributed by atoms with E-state index in [0.29, 0.717) is 22.4 Å². The number of anilines is 1. The highest BCUT2D eigenvalue weighted by atomic mass is 35.5. The molecule has 108 valence electrons. The Bertz CT molecular complexity index is 606. The van der Waals surface area contributed by atoms with Gasteiger partial charge in [-0.2, -0.15) is 4.98 Å². The molecule has 1 aromatic carbocycles. The first kappa shape index (κ1) is 13.5. The molecular formula is C14H18ClN3O2. The average molecular weight is 296 g/mol. The van der Waals surface area contributed by atoms with Crippen molar-refractivity contribution >= 4 is 28.7 Å². The molecule has 1 saturated heterocycles. The minimum atomic E-state index is 0.0596. The lowest BCUT2D eigenvalue weighted by Crippen LogP contribution is -2.43. The molecule has 1 aliphatic rings. The van der Waals surface area contributed by atoms with Crippen LogP contribution in [0.15, 0.2) is 16.5 Å². The van der Waals surface area contributed by atoms with Crippen molar-refractivity contribution in [3.63, 3.8) is 0 Å². The Labute approximate surface area is 122 Å². The number of hydrogen-bond donors (Lipinski definition) is 1. The molecule has 0 saturated carbocycles. The number of oxazole rings is 1. The molecule has 0 bridgehead atoms. The average Bonchev–Trinajstić information content (AvgIpc) is 2.83. The Morgan fingerprint density at radius 1 is 1.35 bits per heavy atom. The maximum absolute atomic E-state index is 6.12. The third-order valence-electron chi connectivity index (χ3n) is 3.16. The number of fused-ring (bicyclic) bond motifs is 1. The van der Waals surface area contributed by atoms with E-state index in [9.17, 15) is 0 Å². The second kappa shape index (κ2) is 5.50. The van der Waals surface area contributed by atoms with Gasteiger partial charge in [-0.15, -0.1) is 0 Å². The van der Waals surface area contributed by atoms with Crippen LogP contribution in [0.3, 0.4) is 0 Å². The number of halogens is 1. The van der Waals surface area contributed by atoms with E-state index in [1.165, 1.54) is 0 Å². The standard InChI is InChI=1S/C14H18ClN3O2/c1-9(2)19-12-8-10(15)7-11-13(12)20-14(17-11)18-5-3-16-4-6-18/h7-9,16H,3-6H2,1-2H3. The fourth-order valence-electron chi connectivity index (χ4n) is 2.29. The van der Waals surface area contributed by atoms with Crippen LogP contribution in [0.1, 0.15) is 13.8 Å². The predicted octanol–water partition coefficient (Wildman–Crippen LogP) is 2.68. The van der Waals surface area contributed by atoms with Gasteiger partial charge < -0.3 is 19.4 Å². The molecule has 0 amide bonds. The fourth-order valence-corrected chi connectivity index (χ4v) is 2.49. The number of aromatic nitrogens is 1. The lowest BCUT2D eigenvalue weighted by atomic mass is 10.3. The number of nitrogens with one attached hydrogen (secondary N) is 1. The van der Waals surface area contributed by atoms with Crippen molar-refractivity contribution in [1.29, 1.82) is 0 Å². The maximum Gasteiger partial charge on any atom is 0.298 e. The SMILES string of the molecule is CC(C)Oc1cc(Cl)cc2nc(N3CCNCC3)oc12. The van der Waals surface area contributed by atoms with Crippen LogP contribution in [-0.2, 0) is 0 Å². The number of ether oxygens (including phenoxy) is 1. The summed E-state index contributed by atoms with van der Waals surface area (Å²) in [4.78, 5) is 6.66. The van der Waals surface area contributed by atoms with E-state index < -0.39 is 0 Å². The largest absolute Gasteiger partial charge is 0.487 e. The smallest absolute Gasteiger partial charge is 0.298 e. The first-order valence-corrected chi connectivity index (χ1v) is 7.23. The van der Waals surface area contributed by atoms with Crippen molar-refractivity contribution in [2.75, 3.05) is 31.1 Å². The van der Waals surface area contributed by atoms with Gasteiger partial charge >= 0.3 is 0 Å². The lowest BCUT2D eigenvalue weighted by Gasteiger charge is -2.25. The summed E-state index contributed by atoms with van der Waals surface area (Å²) in [7, 11) is 0. The molecule has 0 radical (unpaired) electrons. The molecule has 1 aliphatic heterocycles. The van der Waals surface area contributed by atoms with Crippen molar-refractivity contribution < 1.29 is 9.15 Å². The van der Waals surface area contributed by atoms with Gasteiger partial charge in [0.15, 0.2) is 11.3 Å². The quantitative estimate of drug-likeness (QED) is 0.943. The first-order valence-electron chi connectivity index (χ1n) is 6.86. The second-order valence-corrected chi connectivity index (χ2v) is 5.59. The number of nitrogens with zero attached hydrogens (tertiary/aromatic N) is 2. The summed E-state index contributed by atoms with van der Waals surface area (Å²) in [5.41, 5.74) is 1.40. The fraction of sp³-hybridized carbons (Fsp3) is 0.500. The van der Waals surface area contributed by atoms with Crippen LogP contribution >= 0.6 is 11.6 Å². The third kappa shape index (κ3) is 2.69. The molecule has 3 rings (SSSR count). The van der Waals surface area contributed by atoms with Crippen LogP contribution in [0, 0.1) is 0 Å². The molecule has 1 aromatic heterocycles. The van der Waals surface area contributed by atoms with Gasteiger partial charge in [-0.1, -0.05) is 11.6 Å². The van der Waals surface area contributed by atoms with Crippen molar-refractivity contribution in [2.45, 2.75) is 20.0 Å². The van der Waals surface area contributed by atoms with Gasteiger partial charge in [0.1, 0.15) is 5.52 Å². The van der Waals surface area contributed by atoms with Gasteiger partial charge in [-0.3, -0.25) is 0 Å². The van der Waals surface area contributed by atoms with Gasteiger partial charge in [-0.25, -0.2) is 0 Å².